The van der Waals surface area contributed by atoms with E-state index in [0.717, 1.165) is 29.7 Å². The van der Waals surface area contributed by atoms with Gasteiger partial charge in [-0.15, -0.1) is 0 Å². The molecule has 0 fully saturated rings. The summed E-state index contributed by atoms with van der Waals surface area (Å²) in [6.45, 7) is 7.11. The summed E-state index contributed by atoms with van der Waals surface area (Å²) in [5, 5.41) is 0. The molecule has 5 heteroatoms. The van der Waals surface area contributed by atoms with Gasteiger partial charge >= 0.3 is 0 Å². The first-order valence-corrected chi connectivity index (χ1v) is 10.4. The number of carbonyl (C=O) groups is 2. The Morgan fingerprint density at radius 2 is 1.50 bits per heavy atom. The summed E-state index contributed by atoms with van der Waals surface area (Å²) in [5.41, 5.74) is 3.02. The SMILES string of the molecule is CCCc1cc(/C=C/C(=O)c2ccc(C(=O)N(C)C)cc2)c(OCC)cc1OCC. The molecule has 0 atom stereocenters. The van der Waals surface area contributed by atoms with E-state index in [1.54, 1.807) is 44.4 Å². The van der Waals surface area contributed by atoms with Crippen molar-refractivity contribution < 1.29 is 19.1 Å². The van der Waals surface area contributed by atoms with Gasteiger partial charge < -0.3 is 14.4 Å². The van der Waals surface area contributed by atoms with Crippen LogP contribution in [-0.2, 0) is 6.42 Å². The summed E-state index contributed by atoms with van der Waals surface area (Å²) in [5.74, 6) is 1.29. The smallest absolute Gasteiger partial charge is 0.253 e. The summed E-state index contributed by atoms with van der Waals surface area (Å²) >= 11 is 0. The van der Waals surface area contributed by atoms with E-state index in [4.69, 9.17) is 9.47 Å². The lowest BCUT2D eigenvalue weighted by molar-refractivity contribution is 0.0827. The molecule has 0 saturated heterocycles. The van der Waals surface area contributed by atoms with E-state index in [9.17, 15) is 9.59 Å². The second-order valence-corrected chi connectivity index (χ2v) is 7.09. The minimum absolute atomic E-state index is 0.0938. The fourth-order valence-corrected chi connectivity index (χ4v) is 3.09. The summed E-state index contributed by atoms with van der Waals surface area (Å²) in [6.07, 6.45) is 5.20. The second-order valence-electron chi connectivity index (χ2n) is 7.09. The first-order valence-electron chi connectivity index (χ1n) is 10.4. The molecule has 5 nitrogen and oxygen atoms in total. The van der Waals surface area contributed by atoms with Gasteiger partial charge in [-0.05, 0) is 56.2 Å². The number of ketones is 1. The van der Waals surface area contributed by atoms with Crippen LogP contribution < -0.4 is 9.47 Å². The summed E-state index contributed by atoms with van der Waals surface area (Å²) in [6, 6.07) is 10.6. The van der Waals surface area contributed by atoms with E-state index in [2.05, 4.69) is 6.92 Å². The molecule has 0 N–H and O–H groups in total. The molecule has 0 aliphatic heterocycles. The molecule has 0 aliphatic rings. The van der Waals surface area contributed by atoms with Crippen molar-refractivity contribution in [2.45, 2.75) is 33.6 Å². The zero-order valence-corrected chi connectivity index (χ0v) is 18.5. The maximum absolute atomic E-state index is 12.6. The van der Waals surface area contributed by atoms with Gasteiger partial charge in [-0.2, -0.15) is 0 Å². The average Bonchev–Trinajstić information content (AvgIpc) is 2.74. The molecule has 0 radical (unpaired) electrons. The zero-order valence-electron chi connectivity index (χ0n) is 18.5. The molecular weight excluding hydrogens is 378 g/mol. The summed E-state index contributed by atoms with van der Waals surface area (Å²) < 4.78 is 11.5. The molecule has 0 spiro atoms. The quantitative estimate of drug-likeness (QED) is 0.408. The average molecular weight is 410 g/mol. The van der Waals surface area contributed by atoms with Crippen LogP contribution in [0.4, 0.5) is 0 Å². The van der Waals surface area contributed by atoms with Crippen molar-refractivity contribution in [3.05, 3.63) is 64.7 Å². The predicted octanol–water partition coefficient (Wildman–Crippen LogP) is 5.03. The van der Waals surface area contributed by atoms with E-state index < -0.39 is 0 Å². The third-order valence-corrected chi connectivity index (χ3v) is 4.55. The highest BCUT2D eigenvalue weighted by Crippen LogP contribution is 2.31. The van der Waals surface area contributed by atoms with Crippen LogP contribution in [0.25, 0.3) is 6.08 Å². The maximum Gasteiger partial charge on any atom is 0.253 e. The number of benzene rings is 2. The molecule has 1 amide bonds. The van der Waals surface area contributed by atoms with Crippen molar-refractivity contribution in [2.24, 2.45) is 0 Å². The van der Waals surface area contributed by atoms with E-state index >= 15 is 0 Å². The van der Waals surface area contributed by atoms with Crippen molar-refractivity contribution in [1.29, 1.82) is 0 Å². The third-order valence-electron chi connectivity index (χ3n) is 4.55. The van der Waals surface area contributed by atoms with E-state index in [1.165, 1.54) is 11.0 Å². The topological polar surface area (TPSA) is 55.8 Å². The van der Waals surface area contributed by atoms with Crippen molar-refractivity contribution in [3.8, 4) is 11.5 Å². The normalized spacial score (nSPS) is 10.8. The van der Waals surface area contributed by atoms with Gasteiger partial charge in [0, 0.05) is 36.9 Å². The Bertz CT molecular complexity index is 898. The molecule has 0 unspecified atom stereocenters. The fraction of sp³-hybridized carbons (Fsp3) is 0.360. The Balaban J connectivity index is 2.29. The number of rotatable bonds is 10. The lowest BCUT2D eigenvalue weighted by Gasteiger charge is -2.15. The Morgan fingerprint density at radius 3 is 2.07 bits per heavy atom. The number of ether oxygens (including phenoxy) is 2. The molecule has 2 aromatic carbocycles. The lowest BCUT2D eigenvalue weighted by atomic mass is 10.0. The summed E-state index contributed by atoms with van der Waals surface area (Å²) in [4.78, 5) is 26.1. The van der Waals surface area contributed by atoms with Gasteiger partial charge in [-0.1, -0.05) is 25.5 Å². The Kier molecular flexibility index (Phi) is 8.66. The molecule has 0 aliphatic carbocycles. The van der Waals surface area contributed by atoms with Crippen molar-refractivity contribution >= 4 is 17.8 Å². The number of aryl methyl sites for hydroxylation is 1. The first kappa shape index (κ1) is 23.2. The monoisotopic (exact) mass is 409 g/mol. The molecule has 0 saturated carbocycles. The fourth-order valence-electron chi connectivity index (χ4n) is 3.09. The van der Waals surface area contributed by atoms with Crippen LogP contribution in [0.15, 0.2) is 42.5 Å². The van der Waals surface area contributed by atoms with E-state index in [-0.39, 0.29) is 11.7 Å². The Hall–Kier alpha value is -3.08. The molecule has 2 aromatic rings. The number of nitrogens with zero attached hydrogens (tertiary/aromatic N) is 1. The highest BCUT2D eigenvalue weighted by atomic mass is 16.5. The molecule has 160 valence electrons. The van der Waals surface area contributed by atoms with Crippen LogP contribution >= 0.6 is 0 Å². The van der Waals surface area contributed by atoms with Crippen LogP contribution in [-0.4, -0.2) is 43.9 Å². The molecule has 2 rings (SSSR count). The number of allylic oxidation sites excluding steroid dienone is 1. The number of amides is 1. The van der Waals surface area contributed by atoms with Gasteiger partial charge in [0.15, 0.2) is 5.78 Å². The molecule has 0 heterocycles. The predicted molar refractivity (Wildman–Crippen MR) is 121 cm³/mol. The highest BCUT2D eigenvalue weighted by Gasteiger charge is 2.12. The second kappa shape index (κ2) is 11.2. The molecule has 0 bridgehead atoms. The van der Waals surface area contributed by atoms with Crippen molar-refractivity contribution in [3.63, 3.8) is 0 Å². The first-order chi connectivity index (χ1) is 14.4. The van der Waals surface area contributed by atoms with Crippen molar-refractivity contribution in [2.75, 3.05) is 27.3 Å². The van der Waals surface area contributed by atoms with Crippen LogP contribution in [0.1, 0.15) is 59.0 Å². The van der Waals surface area contributed by atoms with Crippen LogP contribution in [0.3, 0.4) is 0 Å². The third kappa shape index (κ3) is 5.96. The van der Waals surface area contributed by atoms with Crippen LogP contribution in [0, 0.1) is 0 Å². The summed E-state index contributed by atoms with van der Waals surface area (Å²) in [7, 11) is 3.40. The Morgan fingerprint density at radius 1 is 0.900 bits per heavy atom. The molecule has 0 aromatic heterocycles. The number of hydrogen-bond acceptors (Lipinski definition) is 4. The van der Waals surface area contributed by atoms with Crippen LogP contribution in [0.2, 0.25) is 0 Å². The molecule has 30 heavy (non-hydrogen) atoms. The highest BCUT2D eigenvalue weighted by molar-refractivity contribution is 6.07. The van der Waals surface area contributed by atoms with Gasteiger partial charge in [0.25, 0.3) is 5.91 Å². The van der Waals surface area contributed by atoms with Gasteiger partial charge in [0.1, 0.15) is 11.5 Å². The minimum atomic E-state index is -0.132. The standard InChI is InChI=1S/C25H31NO4/c1-6-9-20-16-21(24(30-8-3)17-23(20)29-7-2)14-15-22(27)18-10-12-19(13-11-18)25(28)26(4)5/h10-17H,6-9H2,1-5H3/b15-14+. The minimum Gasteiger partial charge on any atom is -0.493 e. The lowest BCUT2D eigenvalue weighted by Crippen LogP contribution is -2.21. The number of hydrogen-bond donors (Lipinski definition) is 0. The van der Waals surface area contributed by atoms with Gasteiger partial charge in [0.05, 0.1) is 13.2 Å². The molecular formula is C25H31NO4. The number of carbonyl (C=O) groups excluding carboxylic acids is 2. The largest absolute Gasteiger partial charge is 0.493 e. The Labute approximate surface area is 179 Å². The van der Waals surface area contributed by atoms with E-state index in [0.29, 0.717) is 30.1 Å². The van der Waals surface area contributed by atoms with Gasteiger partial charge in [-0.3, -0.25) is 9.59 Å². The van der Waals surface area contributed by atoms with Crippen molar-refractivity contribution in [1.82, 2.24) is 4.90 Å². The van der Waals surface area contributed by atoms with Gasteiger partial charge in [-0.25, -0.2) is 0 Å². The van der Waals surface area contributed by atoms with E-state index in [1.807, 2.05) is 26.0 Å². The van der Waals surface area contributed by atoms with Crippen LogP contribution in [0.5, 0.6) is 11.5 Å². The zero-order chi connectivity index (χ0) is 22.1. The maximum atomic E-state index is 12.6. The van der Waals surface area contributed by atoms with Gasteiger partial charge in [0.2, 0.25) is 0 Å².